The van der Waals surface area contributed by atoms with Crippen LogP contribution in [0.1, 0.15) is 18.1 Å². The van der Waals surface area contributed by atoms with Crippen LogP contribution in [0.3, 0.4) is 0 Å². The first-order valence-corrected chi connectivity index (χ1v) is 8.17. The summed E-state index contributed by atoms with van der Waals surface area (Å²) in [5.74, 6) is 0. The fourth-order valence-corrected chi connectivity index (χ4v) is 3.05. The average Bonchev–Trinajstić information content (AvgIpc) is 2.92. The van der Waals surface area contributed by atoms with Crippen molar-refractivity contribution < 1.29 is 19.4 Å². The number of nitrogens with one attached hydrogen (secondary N) is 1. The highest BCUT2D eigenvalue weighted by molar-refractivity contribution is 7.80. The van der Waals surface area contributed by atoms with Crippen LogP contribution in [-0.2, 0) is 17.7 Å². The van der Waals surface area contributed by atoms with Gasteiger partial charge in [0.1, 0.15) is 6.10 Å². The first kappa shape index (κ1) is 16.5. The van der Waals surface area contributed by atoms with Gasteiger partial charge in [-0.2, -0.15) is 0 Å². The largest absolute Gasteiger partial charge is 0.465 e. The van der Waals surface area contributed by atoms with E-state index in [1.807, 2.05) is 18.2 Å². The maximum absolute atomic E-state index is 12.1. The molecule has 0 radical (unpaired) electrons. The molecule has 1 atom stereocenters. The third-order valence-electron chi connectivity index (χ3n) is 4.24. The molecule has 1 fully saturated rings. The van der Waals surface area contributed by atoms with Gasteiger partial charge in [0.2, 0.25) is 0 Å². The first-order valence-electron chi connectivity index (χ1n) is 7.76. The first-order chi connectivity index (χ1) is 11.4. The van der Waals surface area contributed by atoms with Crippen LogP contribution >= 0.6 is 12.2 Å². The van der Waals surface area contributed by atoms with E-state index in [-0.39, 0.29) is 12.2 Å². The molecule has 128 valence electrons. The minimum absolute atomic E-state index is 0.242. The predicted molar refractivity (Wildman–Crippen MR) is 92.5 cm³/mol. The molecule has 0 spiro atoms. The fraction of sp³-hybridized carbons (Fsp3) is 0.438. The smallest absolute Gasteiger partial charge is 0.414 e. The summed E-state index contributed by atoms with van der Waals surface area (Å²) in [4.78, 5) is 26.8. The third kappa shape index (κ3) is 3.43. The van der Waals surface area contributed by atoms with Crippen molar-refractivity contribution in [2.45, 2.75) is 26.0 Å². The number of carboxylic acid groups (broad SMARTS) is 1. The van der Waals surface area contributed by atoms with Crippen molar-refractivity contribution in [2.75, 3.05) is 24.5 Å². The summed E-state index contributed by atoms with van der Waals surface area (Å²) in [6.45, 7) is 3.60. The van der Waals surface area contributed by atoms with Crippen LogP contribution in [0.4, 0.5) is 15.3 Å². The lowest BCUT2D eigenvalue weighted by Crippen LogP contribution is -2.35. The number of benzene rings is 1. The van der Waals surface area contributed by atoms with E-state index >= 15 is 0 Å². The lowest BCUT2D eigenvalue weighted by Gasteiger charge is -2.27. The Morgan fingerprint density at radius 3 is 2.96 bits per heavy atom. The summed E-state index contributed by atoms with van der Waals surface area (Å²) in [7, 11) is 0. The van der Waals surface area contributed by atoms with Gasteiger partial charge in [-0.1, -0.05) is 18.3 Å². The Morgan fingerprint density at radius 1 is 1.46 bits per heavy atom. The molecule has 0 unspecified atom stereocenters. The quantitative estimate of drug-likeness (QED) is 0.812. The Labute approximate surface area is 145 Å². The summed E-state index contributed by atoms with van der Waals surface area (Å²) in [5.41, 5.74) is 2.84. The summed E-state index contributed by atoms with van der Waals surface area (Å²) in [6, 6.07) is 5.68. The SMILES string of the molecule is CC(=S)NC[C@H]1CN(c2ccc3c(c2)CCN(C(=O)O)C3)C(=O)O1. The summed E-state index contributed by atoms with van der Waals surface area (Å²) < 4.78 is 5.35. The minimum Gasteiger partial charge on any atom is -0.465 e. The number of nitrogens with zero attached hydrogens (tertiary/aromatic N) is 2. The molecular weight excluding hydrogens is 330 g/mol. The molecule has 0 bridgehead atoms. The Kier molecular flexibility index (Phi) is 4.57. The number of hydrogen-bond donors (Lipinski definition) is 2. The van der Waals surface area contributed by atoms with Gasteiger partial charge in [-0.15, -0.1) is 0 Å². The van der Waals surface area contributed by atoms with Crippen LogP contribution in [0.5, 0.6) is 0 Å². The highest BCUT2D eigenvalue weighted by atomic mass is 32.1. The Morgan fingerprint density at radius 2 is 2.25 bits per heavy atom. The molecule has 0 aliphatic carbocycles. The molecule has 2 heterocycles. The van der Waals surface area contributed by atoms with E-state index in [4.69, 9.17) is 22.1 Å². The van der Waals surface area contributed by atoms with Crippen LogP contribution in [0.2, 0.25) is 0 Å². The van der Waals surface area contributed by atoms with Crippen molar-refractivity contribution in [1.82, 2.24) is 10.2 Å². The maximum Gasteiger partial charge on any atom is 0.414 e. The molecule has 7 nitrogen and oxygen atoms in total. The minimum atomic E-state index is -0.906. The Bertz CT molecular complexity index is 694. The fourth-order valence-electron chi connectivity index (χ4n) is 2.97. The lowest BCUT2D eigenvalue weighted by molar-refractivity contribution is 0.140. The molecule has 2 N–H and O–H groups in total. The van der Waals surface area contributed by atoms with E-state index in [1.165, 1.54) is 4.90 Å². The van der Waals surface area contributed by atoms with Crippen LogP contribution < -0.4 is 10.2 Å². The standard InChI is InChI=1S/C16H19N3O4S/c1-10(24)17-7-14-9-19(16(22)23-14)13-3-2-12-8-18(15(20)21)5-4-11(12)6-13/h2-3,6,14H,4-5,7-9H2,1H3,(H,17,24)(H,20,21)/t14-/m0/s1. The van der Waals surface area contributed by atoms with E-state index in [2.05, 4.69) is 5.32 Å². The molecule has 8 heteroatoms. The van der Waals surface area contributed by atoms with Crippen molar-refractivity contribution in [3.8, 4) is 0 Å². The summed E-state index contributed by atoms with van der Waals surface area (Å²) in [6.07, 6.45) is -0.870. The molecule has 1 aromatic carbocycles. The lowest BCUT2D eigenvalue weighted by atomic mass is 9.99. The molecule has 0 saturated carbocycles. The van der Waals surface area contributed by atoms with Gasteiger partial charge in [-0.25, -0.2) is 9.59 Å². The van der Waals surface area contributed by atoms with E-state index in [9.17, 15) is 9.59 Å². The van der Waals surface area contributed by atoms with E-state index < -0.39 is 6.09 Å². The van der Waals surface area contributed by atoms with E-state index in [0.717, 1.165) is 16.8 Å². The topological polar surface area (TPSA) is 82.1 Å². The Balaban J connectivity index is 1.71. The van der Waals surface area contributed by atoms with Crippen LogP contribution in [0.15, 0.2) is 18.2 Å². The van der Waals surface area contributed by atoms with E-state index in [1.54, 1.807) is 11.8 Å². The van der Waals surface area contributed by atoms with Gasteiger partial charge in [0.25, 0.3) is 0 Å². The zero-order valence-electron chi connectivity index (χ0n) is 13.3. The van der Waals surface area contributed by atoms with Gasteiger partial charge in [-0.05, 0) is 36.6 Å². The molecule has 2 amide bonds. The van der Waals surface area contributed by atoms with Crippen molar-refractivity contribution >= 4 is 35.1 Å². The number of anilines is 1. The van der Waals surface area contributed by atoms with Crippen LogP contribution in [0, 0.1) is 0 Å². The number of fused-ring (bicyclic) bond motifs is 1. The molecule has 24 heavy (non-hydrogen) atoms. The summed E-state index contributed by atoms with van der Waals surface area (Å²) in [5, 5.41) is 12.1. The maximum atomic E-state index is 12.1. The van der Waals surface area contributed by atoms with Crippen LogP contribution in [-0.4, -0.2) is 52.9 Å². The molecule has 2 aliphatic rings. The highest BCUT2D eigenvalue weighted by Gasteiger charge is 2.32. The predicted octanol–water partition coefficient (Wildman–Crippen LogP) is 1.98. The molecule has 2 aliphatic heterocycles. The van der Waals surface area contributed by atoms with Crippen LogP contribution in [0.25, 0.3) is 0 Å². The number of hydrogen-bond acceptors (Lipinski definition) is 4. The van der Waals surface area contributed by atoms with Gasteiger partial charge >= 0.3 is 12.2 Å². The number of thiocarbonyl (C=S) groups is 1. The number of cyclic esters (lactones) is 1. The van der Waals surface area contributed by atoms with E-state index in [0.29, 0.717) is 37.6 Å². The number of ether oxygens (including phenoxy) is 1. The molecular formula is C16H19N3O4S. The van der Waals surface area contributed by atoms with Crippen molar-refractivity contribution in [3.63, 3.8) is 0 Å². The molecule has 3 rings (SSSR count). The molecule has 1 saturated heterocycles. The normalized spacial score (nSPS) is 19.7. The molecule has 1 aromatic rings. The highest BCUT2D eigenvalue weighted by Crippen LogP contribution is 2.27. The van der Waals surface area contributed by atoms with Gasteiger partial charge < -0.3 is 20.1 Å². The zero-order chi connectivity index (χ0) is 17.3. The second kappa shape index (κ2) is 6.64. The second-order valence-corrected chi connectivity index (χ2v) is 6.57. The van der Waals surface area contributed by atoms with Gasteiger partial charge in [0.05, 0.1) is 18.1 Å². The number of rotatable bonds is 3. The zero-order valence-corrected chi connectivity index (χ0v) is 14.1. The number of carbonyl (C=O) groups excluding carboxylic acids is 1. The second-order valence-electron chi connectivity index (χ2n) is 5.96. The van der Waals surface area contributed by atoms with Crippen molar-refractivity contribution in [2.24, 2.45) is 0 Å². The molecule has 0 aromatic heterocycles. The number of amides is 2. The number of carbonyl (C=O) groups is 2. The van der Waals surface area contributed by atoms with Crippen molar-refractivity contribution in [3.05, 3.63) is 29.3 Å². The van der Waals surface area contributed by atoms with Crippen molar-refractivity contribution in [1.29, 1.82) is 0 Å². The van der Waals surface area contributed by atoms with Gasteiger partial charge in [-0.3, -0.25) is 4.90 Å². The third-order valence-corrected chi connectivity index (χ3v) is 4.38. The van der Waals surface area contributed by atoms with Gasteiger partial charge in [0, 0.05) is 18.8 Å². The monoisotopic (exact) mass is 349 g/mol. The van der Waals surface area contributed by atoms with Gasteiger partial charge in [0.15, 0.2) is 0 Å². The average molecular weight is 349 g/mol. The summed E-state index contributed by atoms with van der Waals surface area (Å²) >= 11 is 4.97. The Hall–Kier alpha value is -2.35.